The Morgan fingerprint density at radius 3 is 1.82 bits per heavy atom. The van der Waals surface area contributed by atoms with E-state index in [0.29, 0.717) is 23.0 Å². The highest BCUT2D eigenvalue weighted by atomic mass is 28.4. The van der Waals surface area contributed by atoms with Crippen LogP contribution in [0.2, 0.25) is 16.6 Å². The molecule has 0 heterocycles. The Balaban J connectivity index is 3.07. The summed E-state index contributed by atoms with van der Waals surface area (Å²) in [7, 11) is -2.19. The van der Waals surface area contributed by atoms with E-state index in [1.807, 2.05) is 30.3 Å². The van der Waals surface area contributed by atoms with Crippen molar-refractivity contribution in [3.8, 4) is 0 Å². The van der Waals surface area contributed by atoms with Crippen molar-refractivity contribution in [1.82, 2.24) is 0 Å². The maximum Gasteiger partial charge on any atom is 0.331 e. The zero-order valence-electron chi connectivity index (χ0n) is 14.7. The van der Waals surface area contributed by atoms with Crippen LogP contribution in [0.4, 0.5) is 0 Å². The fourth-order valence-electron chi connectivity index (χ4n) is 3.66. The van der Waals surface area contributed by atoms with Gasteiger partial charge in [0.1, 0.15) is 6.10 Å². The van der Waals surface area contributed by atoms with Gasteiger partial charge in [0.05, 0.1) is 0 Å². The van der Waals surface area contributed by atoms with Crippen molar-refractivity contribution in [3.05, 3.63) is 35.9 Å². The highest BCUT2D eigenvalue weighted by Gasteiger charge is 2.47. The van der Waals surface area contributed by atoms with Gasteiger partial charge < -0.3 is 9.53 Å². The Morgan fingerprint density at radius 1 is 1.00 bits per heavy atom. The molecule has 0 radical (unpaired) electrons. The Hall–Kier alpha value is -1.13. The first-order valence-corrected chi connectivity index (χ1v) is 10.3. The molecule has 0 saturated heterocycles. The summed E-state index contributed by atoms with van der Waals surface area (Å²) in [6, 6.07) is 9.74. The molecule has 0 spiro atoms. The van der Waals surface area contributed by atoms with E-state index in [4.69, 9.17) is 4.43 Å². The molecule has 3 nitrogen and oxygen atoms in total. The highest BCUT2D eigenvalue weighted by molar-refractivity contribution is 6.77. The van der Waals surface area contributed by atoms with Gasteiger partial charge >= 0.3 is 5.97 Å². The van der Waals surface area contributed by atoms with E-state index in [9.17, 15) is 9.90 Å². The summed E-state index contributed by atoms with van der Waals surface area (Å²) in [6.07, 6.45) is -0.335. The number of carboxylic acids is 1. The lowest BCUT2D eigenvalue weighted by atomic mass is 10.1. The molecule has 22 heavy (non-hydrogen) atoms. The van der Waals surface area contributed by atoms with E-state index in [1.165, 1.54) is 0 Å². The van der Waals surface area contributed by atoms with Crippen LogP contribution in [-0.2, 0) is 15.6 Å². The van der Waals surface area contributed by atoms with Gasteiger partial charge in [0, 0.05) is 6.42 Å². The Kier molecular flexibility index (Phi) is 6.82. The molecule has 0 bridgehead atoms. The zero-order chi connectivity index (χ0) is 16.9. The minimum atomic E-state index is -2.19. The van der Waals surface area contributed by atoms with Gasteiger partial charge in [-0.1, -0.05) is 71.9 Å². The predicted octanol–water partition coefficient (Wildman–Crippen LogP) is 4.87. The van der Waals surface area contributed by atoms with Crippen molar-refractivity contribution >= 4 is 14.3 Å². The maximum atomic E-state index is 11.7. The van der Waals surface area contributed by atoms with Crippen LogP contribution in [0.25, 0.3) is 0 Å². The standard InChI is InChI=1S/C18H30O3Si/c1-13(2)22(14(3)4,15(5)6)21-17(18(19)20)12-16-10-8-7-9-11-16/h7-11,13-15,17H,12H2,1-6H3,(H,19,20). The monoisotopic (exact) mass is 322 g/mol. The normalized spacial score (nSPS) is 13.9. The summed E-state index contributed by atoms with van der Waals surface area (Å²) in [5, 5.41) is 9.64. The zero-order valence-corrected chi connectivity index (χ0v) is 15.7. The third-order valence-corrected chi connectivity index (χ3v) is 10.7. The number of hydrogen-bond acceptors (Lipinski definition) is 2. The quantitative estimate of drug-likeness (QED) is 0.694. The molecule has 0 saturated carbocycles. The molecule has 1 unspecified atom stereocenters. The first kappa shape index (κ1) is 18.9. The topological polar surface area (TPSA) is 46.5 Å². The van der Waals surface area contributed by atoms with Crippen LogP contribution < -0.4 is 0 Å². The average Bonchev–Trinajstić information content (AvgIpc) is 2.42. The lowest BCUT2D eigenvalue weighted by Gasteiger charge is -2.43. The summed E-state index contributed by atoms with van der Waals surface area (Å²) in [6.45, 7) is 13.0. The van der Waals surface area contributed by atoms with Crippen LogP contribution in [-0.4, -0.2) is 25.5 Å². The Bertz CT molecular complexity index is 447. The first-order valence-electron chi connectivity index (χ1n) is 8.16. The van der Waals surface area contributed by atoms with E-state index in [2.05, 4.69) is 41.5 Å². The summed E-state index contributed by atoms with van der Waals surface area (Å²) in [5.74, 6) is -0.859. The van der Waals surface area contributed by atoms with Crippen molar-refractivity contribution < 1.29 is 14.3 Å². The number of carboxylic acid groups (broad SMARTS) is 1. The number of hydrogen-bond donors (Lipinski definition) is 1. The van der Waals surface area contributed by atoms with Crippen molar-refractivity contribution in [2.24, 2.45) is 0 Å². The number of rotatable bonds is 8. The van der Waals surface area contributed by atoms with Crippen molar-refractivity contribution in [3.63, 3.8) is 0 Å². The number of aliphatic carboxylic acids is 1. The second-order valence-electron chi connectivity index (χ2n) is 6.95. The second kappa shape index (κ2) is 7.93. The van der Waals surface area contributed by atoms with Crippen molar-refractivity contribution in [1.29, 1.82) is 0 Å². The molecule has 0 fully saturated rings. The van der Waals surface area contributed by atoms with Crippen LogP contribution in [0, 0.1) is 0 Å². The van der Waals surface area contributed by atoms with E-state index < -0.39 is 20.4 Å². The molecule has 0 aromatic heterocycles. The van der Waals surface area contributed by atoms with E-state index in [-0.39, 0.29) is 0 Å². The van der Waals surface area contributed by atoms with Gasteiger partial charge in [0.15, 0.2) is 0 Å². The van der Waals surface area contributed by atoms with Crippen LogP contribution in [0.15, 0.2) is 30.3 Å². The van der Waals surface area contributed by atoms with E-state index in [0.717, 1.165) is 5.56 Å². The summed E-state index contributed by atoms with van der Waals surface area (Å²) < 4.78 is 6.43. The maximum absolute atomic E-state index is 11.7. The minimum Gasteiger partial charge on any atom is -0.479 e. The highest BCUT2D eigenvalue weighted by Crippen LogP contribution is 2.43. The summed E-state index contributed by atoms with van der Waals surface area (Å²) >= 11 is 0. The molecule has 0 aliphatic heterocycles. The molecular weight excluding hydrogens is 292 g/mol. The van der Waals surface area contributed by atoms with Gasteiger partial charge in [-0.15, -0.1) is 0 Å². The Labute approximate surface area is 135 Å². The number of carbonyl (C=O) groups is 1. The molecule has 0 amide bonds. The Morgan fingerprint density at radius 2 is 1.45 bits per heavy atom. The van der Waals surface area contributed by atoms with Crippen LogP contribution in [0.3, 0.4) is 0 Å². The lowest BCUT2D eigenvalue weighted by Crippen LogP contribution is -2.52. The lowest BCUT2D eigenvalue weighted by molar-refractivity contribution is -0.145. The molecule has 1 rings (SSSR count). The van der Waals surface area contributed by atoms with Gasteiger partial charge in [0.2, 0.25) is 8.32 Å². The van der Waals surface area contributed by atoms with Crippen LogP contribution >= 0.6 is 0 Å². The minimum absolute atomic E-state index is 0.380. The molecule has 1 aromatic carbocycles. The van der Waals surface area contributed by atoms with Crippen molar-refractivity contribution in [2.75, 3.05) is 0 Å². The van der Waals surface area contributed by atoms with Gasteiger partial charge in [-0.05, 0) is 22.2 Å². The molecule has 1 atom stereocenters. The third kappa shape index (κ3) is 4.20. The summed E-state index contributed by atoms with van der Waals surface area (Å²) in [4.78, 5) is 11.7. The molecular formula is C18H30O3Si. The molecule has 0 aliphatic carbocycles. The van der Waals surface area contributed by atoms with Gasteiger partial charge in [-0.25, -0.2) is 4.79 Å². The second-order valence-corrected chi connectivity index (χ2v) is 12.4. The van der Waals surface area contributed by atoms with Gasteiger partial charge in [-0.2, -0.15) is 0 Å². The molecule has 1 aromatic rings. The van der Waals surface area contributed by atoms with Crippen molar-refractivity contribution in [2.45, 2.75) is 70.7 Å². The molecule has 0 aliphatic rings. The predicted molar refractivity (Wildman–Crippen MR) is 93.7 cm³/mol. The molecule has 124 valence electrons. The largest absolute Gasteiger partial charge is 0.479 e. The van der Waals surface area contributed by atoms with Crippen LogP contribution in [0.1, 0.15) is 47.1 Å². The van der Waals surface area contributed by atoms with Crippen LogP contribution in [0.5, 0.6) is 0 Å². The van der Waals surface area contributed by atoms with Gasteiger partial charge in [0.25, 0.3) is 0 Å². The van der Waals surface area contributed by atoms with Gasteiger partial charge in [-0.3, -0.25) is 0 Å². The first-order chi connectivity index (χ1) is 10.2. The average molecular weight is 323 g/mol. The number of benzene rings is 1. The SMILES string of the molecule is CC(C)[Si](OC(Cc1ccccc1)C(=O)O)(C(C)C)C(C)C. The smallest absolute Gasteiger partial charge is 0.331 e. The third-order valence-electron chi connectivity index (χ3n) is 4.59. The van der Waals surface area contributed by atoms with E-state index >= 15 is 0 Å². The fourth-order valence-corrected chi connectivity index (χ4v) is 9.16. The van der Waals surface area contributed by atoms with E-state index in [1.54, 1.807) is 0 Å². The molecule has 4 heteroatoms. The summed E-state index contributed by atoms with van der Waals surface area (Å²) in [5.41, 5.74) is 2.15. The molecule has 1 N–H and O–H groups in total. The fraction of sp³-hybridized carbons (Fsp3) is 0.611.